The number of fused-ring (bicyclic) bond motifs is 10. The monoisotopic (exact) mass is 1300 g/mol. The Labute approximate surface area is 533 Å². The van der Waals surface area contributed by atoms with Crippen LogP contribution in [-0.4, -0.2) is 154 Å². The summed E-state index contributed by atoms with van der Waals surface area (Å²) in [6.07, 6.45) is 0.513. The van der Waals surface area contributed by atoms with E-state index in [1.807, 2.05) is 26.4 Å². The van der Waals surface area contributed by atoms with Crippen molar-refractivity contribution in [2.45, 2.75) is 193 Å². The standard InChI is InChI=1S/2C31H39F2N4O6.2V/c2*1-6-19-23(16-38)37-15-25(19)42-27-21(34-20-10-9-18(41-5)13-22(20)35-27)8-7-11-31(32,33)14-17-12-24(17)43-29(40)36-26(28(37)39)30(2,3)4;;/h2*9-10,13,17,19,23-26H,6-8,11-12,14-15H2,1-5H3,(H,36,40);;/q2*-1;;/t2*17-,19-,23+,24+,25-,26+;;/m00../s1. The van der Waals surface area contributed by atoms with Crippen molar-refractivity contribution in [3.63, 3.8) is 0 Å². The minimum atomic E-state index is -2.96. The van der Waals surface area contributed by atoms with Crippen LogP contribution in [0.1, 0.15) is 131 Å². The quantitative estimate of drug-likeness (QED) is 0.135. The maximum absolute atomic E-state index is 15.0. The Morgan fingerprint density at radius 1 is 0.580 bits per heavy atom. The van der Waals surface area contributed by atoms with Gasteiger partial charge >= 0.3 is 12.2 Å². The van der Waals surface area contributed by atoms with E-state index in [4.69, 9.17) is 48.4 Å². The summed E-state index contributed by atoms with van der Waals surface area (Å²) in [5, 5.41) is 5.30. The predicted molar refractivity (Wildman–Crippen MR) is 305 cm³/mol. The summed E-state index contributed by atoms with van der Waals surface area (Å²) in [6, 6.07) is 6.47. The largest absolute Gasteiger partial charge is 0.540 e. The van der Waals surface area contributed by atoms with Crippen LogP contribution in [0.3, 0.4) is 0 Å². The van der Waals surface area contributed by atoms with Crippen molar-refractivity contribution in [1.82, 2.24) is 40.4 Å². The van der Waals surface area contributed by atoms with Crippen LogP contribution in [0.4, 0.5) is 27.2 Å². The van der Waals surface area contributed by atoms with E-state index in [9.17, 15) is 46.3 Å². The van der Waals surface area contributed by atoms with E-state index >= 15 is 0 Å². The zero-order valence-corrected chi connectivity index (χ0v) is 54.1. The Morgan fingerprint density at radius 2 is 0.955 bits per heavy atom. The zero-order chi connectivity index (χ0) is 62.2. The van der Waals surface area contributed by atoms with Crippen molar-refractivity contribution in [2.75, 3.05) is 27.3 Å². The number of alkyl halides is 4. The van der Waals surface area contributed by atoms with Gasteiger partial charge in [-0.3, -0.25) is 9.59 Å². The predicted octanol–water partition coefficient (Wildman–Crippen LogP) is 9.24. The van der Waals surface area contributed by atoms with Crippen LogP contribution < -0.4 is 29.6 Å². The van der Waals surface area contributed by atoms with Gasteiger partial charge in [-0.15, -0.1) is 0 Å². The first-order valence-corrected chi connectivity index (χ1v) is 29.8. The smallest absolute Gasteiger partial charge is 0.408 e. The summed E-state index contributed by atoms with van der Waals surface area (Å²) in [4.78, 5) is 99.8. The number of amides is 4. The molecule has 2 aliphatic carbocycles. The van der Waals surface area contributed by atoms with E-state index in [2.05, 4.69) is 10.6 Å². The van der Waals surface area contributed by atoms with Gasteiger partial charge < -0.3 is 58.4 Å². The van der Waals surface area contributed by atoms with Gasteiger partial charge in [0.15, 0.2) is 0 Å². The number of methoxy groups -OCH3 is 2. The molecule has 2 aromatic heterocycles. The number of benzene rings is 2. The van der Waals surface area contributed by atoms with Crippen LogP contribution in [-0.2, 0) is 78.6 Å². The first-order chi connectivity index (χ1) is 40.7. The molecule has 26 heteroatoms. The average Bonchev–Trinajstić information content (AvgIpc) is 1.71. The third kappa shape index (κ3) is 16.1. The van der Waals surface area contributed by atoms with Crippen molar-refractivity contribution >= 4 is 58.6 Å². The SMILES string of the molecule is CC[C@@H]1[C@@H]2CN(C(=O)[C@H](C(C)(C)C)NC(=O)O[C@@H]3C[C@H]3CC(F)(F)CCCc3nc4ccc(OC)cc4nc3O2)[C@@H]1[C-]=O.CC[C@@H]1[C@@H]2CN(C(=O)[C@H](C(C)(C)C)NC(=O)O[C@@H]3C[C@H]3CC(F)(F)CCCc3nc4ccc(OC)cc4nc3O2)[C@@H]1[C-]=O.[V].[V]. The molecule has 0 spiro atoms. The molecular weight excluding hydrogens is 1230 g/mol. The number of hydrogen-bond acceptors (Lipinski definition) is 16. The fourth-order valence-electron chi connectivity index (χ4n) is 12.3. The summed E-state index contributed by atoms with van der Waals surface area (Å²) in [5.74, 6) is -7.17. The summed E-state index contributed by atoms with van der Waals surface area (Å²) in [6.45, 7) is 14.6. The number of rotatable bonds is 6. The zero-order valence-electron chi connectivity index (χ0n) is 51.3. The normalized spacial score (nSPS) is 29.0. The minimum Gasteiger partial charge on any atom is -0.540 e. The summed E-state index contributed by atoms with van der Waals surface area (Å²) in [5.41, 5.74) is 1.47. The van der Waals surface area contributed by atoms with Crippen LogP contribution >= 0.6 is 0 Å². The molecule has 2 N–H and O–H groups in total. The van der Waals surface area contributed by atoms with E-state index in [0.29, 0.717) is 70.6 Å². The average molecular weight is 1310 g/mol. The second-order valence-corrected chi connectivity index (χ2v) is 25.8. The van der Waals surface area contributed by atoms with Gasteiger partial charge in [0.25, 0.3) is 0 Å². The number of aryl methyl sites for hydroxylation is 2. The molecule has 2 saturated carbocycles. The van der Waals surface area contributed by atoms with Crippen LogP contribution in [0.2, 0.25) is 0 Å². The minimum absolute atomic E-state index is 0. The molecule has 6 aliphatic rings. The molecule has 6 heterocycles. The topological polar surface area (TPSA) is 240 Å². The first-order valence-electron chi connectivity index (χ1n) is 29.8. The molecule has 12 atom stereocenters. The van der Waals surface area contributed by atoms with Crippen molar-refractivity contribution in [2.24, 2.45) is 34.5 Å². The molecule has 88 heavy (non-hydrogen) atoms. The maximum Gasteiger partial charge on any atom is 0.408 e. The van der Waals surface area contributed by atoms with Crippen molar-refractivity contribution < 1.29 is 112 Å². The number of halogens is 4. The molecule has 4 amide bonds. The van der Waals surface area contributed by atoms with E-state index in [0.717, 1.165) is 0 Å². The Morgan fingerprint density at radius 3 is 1.28 bits per heavy atom. The second-order valence-electron chi connectivity index (χ2n) is 25.8. The van der Waals surface area contributed by atoms with E-state index in [-0.39, 0.29) is 100 Å². The fraction of sp³-hybridized carbons (Fsp3) is 0.645. The van der Waals surface area contributed by atoms with Gasteiger partial charge in [0.1, 0.15) is 59.4 Å². The van der Waals surface area contributed by atoms with Gasteiger partial charge in [0, 0.05) is 86.8 Å². The number of nitrogens with zero attached hydrogens (tertiary/aromatic N) is 6. The van der Waals surface area contributed by atoms with Gasteiger partial charge in [-0.25, -0.2) is 59.7 Å². The number of ether oxygens (including phenoxy) is 6. The van der Waals surface area contributed by atoms with Crippen LogP contribution in [0.25, 0.3) is 22.1 Å². The van der Waals surface area contributed by atoms with Crippen molar-refractivity contribution in [3.8, 4) is 23.3 Å². The maximum atomic E-state index is 15.0. The molecule has 10 rings (SSSR count). The molecule has 4 fully saturated rings. The molecular formula is C62H78F4N8O12V2-2. The Hall–Kier alpha value is -5.97. The molecule has 0 unspecified atom stereocenters. The van der Waals surface area contributed by atoms with Gasteiger partial charge in [-0.05, 0) is 85.5 Å². The number of hydrogen-bond donors (Lipinski definition) is 2. The molecule has 4 bridgehead atoms. The molecule has 4 aliphatic heterocycles. The third-order valence-electron chi connectivity index (χ3n) is 17.3. The molecule has 4 aromatic rings. The van der Waals surface area contributed by atoms with E-state index in [1.54, 1.807) is 77.9 Å². The van der Waals surface area contributed by atoms with Crippen LogP contribution in [0, 0.1) is 34.5 Å². The number of carbonyl (C=O) groups is 4. The first kappa shape index (κ1) is 69.5. The van der Waals surface area contributed by atoms with Gasteiger partial charge in [0.05, 0.1) is 49.4 Å². The number of aromatic nitrogens is 4. The summed E-state index contributed by atoms with van der Waals surface area (Å²) in [7, 11) is 3.07. The van der Waals surface area contributed by atoms with Crippen molar-refractivity contribution in [1.29, 1.82) is 0 Å². The molecule has 478 valence electrons. The molecule has 2 aromatic carbocycles. The van der Waals surface area contributed by atoms with E-state index < -0.39 is 132 Å². The Balaban J connectivity index is 0.000000245. The number of carbonyl (C=O) groups excluding carboxylic acids is 6. The fourth-order valence-corrected chi connectivity index (χ4v) is 12.3. The van der Waals surface area contributed by atoms with E-state index in [1.165, 1.54) is 24.0 Å². The van der Waals surface area contributed by atoms with Gasteiger partial charge in [-0.2, -0.15) is 0 Å². The van der Waals surface area contributed by atoms with Gasteiger partial charge in [-0.1, -0.05) is 80.3 Å². The van der Waals surface area contributed by atoms with Gasteiger partial charge in [0.2, 0.25) is 35.4 Å². The number of nitrogens with one attached hydrogen (secondary N) is 2. The Bertz CT molecular complexity index is 2990. The third-order valence-corrected chi connectivity index (χ3v) is 17.3. The summed E-state index contributed by atoms with van der Waals surface area (Å²) < 4.78 is 94.3. The Kier molecular flexibility index (Phi) is 22.2. The van der Waals surface area contributed by atoms with Crippen molar-refractivity contribution in [3.05, 3.63) is 47.8 Å². The van der Waals surface area contributed by atoms with Crippen LogP contribution in [0.15, 0.2) is 36.4 Å². The van der Waals surface area contributed by atoms with Crippen LogP contribution in [0.5, 0.6) is 23.3 Å². The summed E-state index contributed by atoms with van der Waals surface area (Å²) >= 11 is 0. The molecule has 20 nitrogen and oxygen atoms in total. The molecule has 2 radical (unpaired) electrons. The molecule has 2 saturated heterocycles. The second kappa shape index (κ2) is 28.0. The number of alkyl carbamates (subject to hydrolysis) is 2.